The number of aromatic nitrogens is 3. The van der Waals surface area contributed by atoms with Gasteiger partial charge in [-0.15, -0.1) is 0 Å². The third kappa shape index (κ3) is 11.2. The first-order chi connectivity index (χ1) is 29.1. The average Bonchev–Trinajstić information content (AvgIpc) is 3.23. The van der Waals surface area contributed by atoms with Crippen molar-refractivity contribution in [2.75, 3.05) is 6.61 Å². The Morgan fingerprint density at radius 2 is 0.983 bits per heavy atom. The number of ether oxygens (including phenoxy) is 4. The third-order valence-corrected chi connectivity index (χ3v) is 13.3. The summed E-state index contributed by atoms with van der Waals surface area (Å²) in [7, 11) is 0. The van der Waals surface area contributed by atoms with E-state index in [0.29, 0.717) is 46.3 Å². The summed E-state index contributed by atoms with van der Waals surface area (Å²) in [6.07, 6.45) is 15.5. The molecule has 10 nitrogen and oxygen atoms in total. The minimum atomic E-state index is -0.128. The maximum atomic E-state index is 11.5. The van der Waals surface area contributed by atoms with Crippen LogP contribution in [-0.2, 0) is 0 Å². The fourth-order valence-corrected chi connectivity index (χ4v) is 9.16. The van der Waals surface area contributed by atoms with Crippen molar-refractivity contribution in [1.82, 2.24) is 15.0 Å². The van der Waals surface area contributed by atoms with E-state index in [1.54, 1.807) is 48.5 Å². The van der Waals surface area contributed by atoms with Crippen LogP contribution in [0.25, 0.3) is 34.2 Å². The van der Waals surface area contributed by atoms with Crippen molar-refractivity contribution in [3.8, 4) is 80.2 Å². The monoisotopic (exact) mass is 943 g/mol. The summed E-state index contributed by atoms with van der Waals surface area (Å²) < 4.78 is 24.9. The number of aromatic hydroxyl groups is 3. The molecular weight excluding hydrogens is 890 g/mol. The van der Waals surface area contributed by atoms with E-state index >= 15 is 0 Å². The summed E-state index contributed by atoms with van der Waals surface area (Å²) in [6.45, 7) is 4.87. The number of halogens is 2. The number of hydrogen-bond acceptors (Lipinski definition) is 10. The van der Waals surface area contributed by atoms with E-state index in [1.165, 1.54) is 31.7 Å². The van der Waals surface area contributed by atoms with Crippen molar-refractivity contribution in [2.45, 2.75) is 126 Å². The number of nitrogens with zero attached hydrogens (tertiary/aromatic N) is 3. The molecule has 2 aliphatic rings. The number of aryl methyl sites for hydroxylation is 1. The highest BCUT2D eigenvalue weighted by Gasteiger charge is 2.27. The molecule has 3 N–H and O–H groups in total. The highest BCUT2D eigenvalue weighted by molar-refractivity contribution is 9.09. The number of hydrogen-bond donors (Lipinski definition) is 3. The molecule has 0 amide bonds. The molecule has 2 fully saturated rings. The van der Waals surface area contributed by atoms with Gasteiger partial charge in [-0.3, -0.25) is 0 Å². The van der Waals surface area contributed by atoms with Gasteiger partial charge >= 0.3 is 0 Å². The van der Waals surface area contributed by atoms with Crippen LogP contribution < -0.4 is 18.9 Å². The maximum Gasteiger partial charge on any atom is 0.167 e. The third-order valence-electron chi connectivity index (χ3n) is 11.2. The molecule has 1 heterocycles. The van der Waals surface area contributed by atoms with E-state index < -0.39 is 0 Å². The van der Waals surface area contributed by atoms with Gasteiger partial charge < -0.3 is 34.3 Å². The van der Waals surface area contributed by atoms with Crippen LogP contribution in [0.5, 0.6) is 46.0 Å². The van der Waals surface area contributed by atoms with Crippen LogP contribution in [0.3, 0.4) is 0 Å². The van der Waals surface area contributed by atoms with Crippen molar-refractivity contribution in [2.24, 2.45) is 0 Å². The fraction of sp³-hybridized carbons (Fsp3) is 0.438. The lowest BCUT2D eigenvalue weighted by atomic mass is 9.97. The Bertz CT molecular complexity index is 2130. The molecule has 0 spiro atoms. The molecule has 1 aromatic heterocycles. The summed E-state index contributed by atoms with van der Waals surface area (Å²) in [4.78, 5) is 14.7. The number of phenolic OH excluding ortho intramolecular Hbond substituents is 3. The van der Waals surface area contributed by atoms with Gasteiger partial charge in [-0.05, 0) is 99.9 Å². The van der Waals surface area contributed by atoms with E-state index in [9.17, 15) is 15.3 Å². The molecule has 4 unspecified atom stereocenters. The zero-order valence-electron chi connectivity index (χ0n) is 34.4. The molecule has 60 heavy (non-hydrogen) atoms. The highest BCUT2D eigenvalue weighted by Crippen LogP contribution is 2.40. The summed E-state index contributed by atoms with van der Waals surface area (Å²) in [5, 5.41) is 34.2. The summed E-state index contributed by atoms with van der Waals surface area (Å²) in [5.74, 6) is 2.96. The van der Waals surface area contributed by atoms with E-state index in [4.69, 9.17) is 33.9 Å². The van der Waals surface area contributed by atoms with Gasteiger partial charge in [0.2, 0.25) is 0 Å². The lowest BCUT2D eigenvalue weighted by Gasteiger charge is -2.28. The molecule has 5 aromatic rings. The van der Waals surface area contributed by atoms with E-state index in [0.717, 1.165) is 75.5 Å². The molecule has 0 saturated heterocycles. The second-order valence-electron chi connectivity index (χ2n) is 15.9. The first-order valence-electron chi connectivity index (χ1n) is 21.4. The minimum absolute atomic E-state index is 0.000878. The Labute approximate surface area is 370 Å². The van der Waals surface area contributed by atoms with Crippen molar-refractivity contribution < 1.29 is 34.3 Å². The minimum Gasteiger partial charge on any atom is -0.507 e. The van der Waals surface area contributed by atoms with E-state index in [2.05, 4.69) is 38.8 Å². The Morgan fingerprint density at radius 1 is 0.550 bits per heavy atom. The van der Waals surface area contributed by atoms with Crippen LogP contribution in [-0.4, -0.2) is 58.7 Å². The first-order valence-corrected chi connectivity index (χ1v) is 23.3. The predicted octanol–water partition coefficient (Wildman–Crippen LogP) is 13.0. The number of benzene rings is 4. The van der Waals surface area contributed by atoms with Gasteiger partial charge in [0.1, 0.15) is 58.2 Å². The molecule has 4 aromatic carbocycles. The largest absolute Gasteiger partial charge is 0.507 e. The molecule has 2 aliphatic carbocycles. The topological polar surface area (TPSA) is 136 Å². The number of rotatable bonds is 17. The van der Waals surface area contributed by atoms with Crippen LogP contribution in [0.15, 0.2) is 72.8 Å². The zero-order valence-corrected chi connectivity index (χ0v) is 37.6. The van der Waals surface area contributed by atoms with Crippen LogP contribution >= 0.6 is 31.9 Å². The van der Waals surface area contributed by atoms with Crippen molar-refractivity contribution in [1.29, 1.82) is 0 Å². The fourth-order valence-electron chi connectivity index (χ4n) is 7.77. The molecule has 2 saturated carbocycles. The van der Waals surface area contributed by atoms with Crippen LogP contribution in [0.1, 0.15) is 102 Å². The van der Waals surface area contributed by atoms with Gasteiger partial charge in [0, 0.05) is 24.3 Å². The van der Waals surface area contributed by atoms with Gasteiger partial charge in [-0.25, -0.2) is 15.0 Å². The Kier molecular flexibility index (Phi) is 15.1. The second-order valence-corrected chi connectivity index (χ2v) is 18.3. The summed E-state index contributed by atoms with van der Waals surface area (Å²) in [6, 6.07) is 20.7. The standard InChI is InChI=1S/C48H55Br2N3O7/c1-3-4-5-6-7-12-25-57-45-29-34(18-17-30(45)2)58-31-19-22-35(40(54)26-31)46-51-47(36-23-20-32(27-41(36)55)59-43-15-10-8-13-38(43)49)53-48(52-46)37-24-21-33(28-42(37)56)60-44-16-11-9-14-39(44)50/h17-24,26-29,38-39,43-44,54-56H,3-16,25H2,1-2H3. The first kappa shape index (κ1) is 43.5. The van der Waals surface area contributed by atoms with Crippen LogP contribution in [0, 0.1) is 6.92 Å². The SMILES string of the molecule is CCCCCCCCOc1cc(Oc2ccc(-c3nc(-c4ccc(OC5CCCCC5Br)cc4O)nc(-c4ccc(OC5CCCCC5Br)cc4O)n3)c(O)c2)ccc1C. The van der Waals surface area contributed by atoms with Crippen molar-refractivity contribution >= 4 is 31.9 Å². The molecule has 4 atom stereocenters. The number of phenols is 3. The maximum absolute atomic E-state index is 11.5. The molecule has 318 valence electrons. The Balaban J connectivity index is 1.16. The Morgan fingerprint density at radius 3 is 1.48 bits per heavy atom. The predicted molar refractivity (Wildman–Crippen MR) is 242 cm³/mol. The van der Waals surface area contributed by atoms with Gasteiger partial charge in [0.05, 0.1) is 33.0 Å². The summed E-state index contributed by atoms with van der Waals surface area (Å²) >= 11 is 7.50. The smallest absolute Gasteiger partial charge is 0.167 e. The van der Waals surface area contributed by atoms with Gasteiger partial charge in [-0.2, -0.15) is 0 Å². The highest BCUT2D eigenvalue weighted by atomic mass is 79.9. The molecular formula is C48H55Br2N3O7. The zero-order chi connectivity index (χ0) is 42.0. The average molecular weight is 946 g/mol. The quantitative estimate of drug-likeness (QED) is 0.0610. The summed E-state index contributed by atoms with van der Waals surface area (Å²) in [5.41, 5.74) is 1.99. The van der Waals surface area contributed by atoms with Gasteiger partial charge in [0.25, 0.3) is 0 Å². The molecule has 0 aliphatic heterocycles. The number of alkyl halides is 2. The lowest BCUT2D eigenvalue weighted by Crippen LogP contribution is -2.30. The van der Waals surface area contributed by atoms with Crippen LogP contribution in [0.2, 0.25) is 0 Å². The molecule has 12 heteroatoms. The Hall–Kier alpha value is -4.55. The van der Waals surface area contributed by atoms with Crippen molar-refractivity contribution in [3.05, 3.63) is 78.4 Å². The van der Waals surface area contributed by atoms with Gasteiger partial charge in [-0.1, -0.05) is 89.8 Å². The lowest BCUT2D eigenvalue weighted by molar-refractivity contribution is 0.163. The van der Waals surface area contributed by atoms with Crippen LogP contribution in [0.4, 0.5) is 0 Å². The normalized spacial score (nSPS) is 19.1. The second kappa shape index (κ2) is 20.8. The molecule has 7 rings (SSSR count). The molecule has 0 bridgehead atoms. The molecule has 0 radical (unpaired) electrons. The number of unbranched alkanes of at least 4 members (excludes halogenated alkanes) is 5. The van der Waals surface area contributed by atoms with Gasteiger partial charge in [0.15, 0.2) is 17.5 Å². The van der Waals surface area contributed by atoms with E-state index in [-0.39, 0.29) is 56.6 Å². The van der Waals surface area contributed by atoms with E-state index in [1.807, 2.05) is 25.1 Å². The van der Waals surface area contributed by atoms with Crippen molar-refractivity contribution in [3.63, 3.8) is 0 Å².